The van der Waals surface area contributed by atoms with Crippen LogP contribution in [0, 0.1) is 0 Å². The quantitative estimate of drug-likeness (QED) is 0.554. The maximum atomic E-state index is 9.10. The summed E-state index contributed by atoms with van der Waals surface area (Å²) in [6.07, 6.45) is -0.718. The normalized spacial score (nSPS) is 24.9. The van der Waals surface area contributed by atoms with Crippen molar-refractivity contribution in [3.63, 3.8) is 0 Å². The lowest BCUT2D eigenvalue weighted by Gasteiger charge is -2.35. The van der Waals surface area contributed by atoms with Gasteiger partial charge in [-0.25, -0.2) is 0 Å². The molecule has 1 atom stereocenters. The van der Waals surface area contributed by atoms with Gasteiger partial charge in [0.2, 0.25) is 0 Å². The molecule has 1 fully saturated rings. The summed E-state index contributed by atoms with van der Waals surface area (Å²) in [6, 6.07) is 0.0872. The van der Waals surface area contributed by atoms with E-state index in [2.05, 4.69) is 5.32 Å². The number of hydrogen-bond donors (Lipinski definition) is 3. The van der Waals surface area contributed by atoms with Gasteiger partial charge < -0.3 is 25.0 Å². The van der Waals surface area contributed by atoms with Gasteiger partial charge in [0.1, 0.15) is 0 Å². The van der Waals surface area contributed by atoms with Gasteiger partial charge in [-0.2, -0.15) is 0 Å². The molecule has 0 bridgehead atoms. The van der Waals surface area contributed by atoms with Crippen LogP contribution in [0.5, 0.6) is 0 Å². The van der Waals surface area contributed by atoms with E-state index in [1.165, 1.54) is 0 Å². The molecule has 1 rings (SSSR count). The van der Waals surface area contributed by atoms with Crippen molar-refractivity contribution in [1.82, 2.24) is 5.32 Å². The molecule has 0 saturated carbocycles. The van der Waals surface area contributed by atoms with E-state index in [1.54, 1.807) is 0 Å². The highest BCUT2D eigenvalue weighted by Crippen LogP contribution is 2.16. The molecule has 14 heavy (non-hydrogen) atoms. The molecule has 0 aromatic heterocycles. The van der Waals surface area contributed by atoms with Crippen molar-refractivity contribution in [2.75, 3.05) is 26.4 Å². The molecule has 84 valence electrons. The van der Waals surface area contributed by atoms with Crippen LogP contribution >= 0.6 is 0 Å². The third-order valence-corrected chi connectivity index (χ3v) is 2.12. The number of aliphatic hydroxyl groups is 2. The van der Waals surface area contributed by atoms with Gasteiger partial charge in [-0.1, -0.05) is 0 Å². The van der Waals surface area contributed by atoms with E-state index in [-0.39, 0.29) is 12.6 Å². The third kappa shape index (κ3) is 3.89. The molecule has 5 heteroatoms. The van der Waals surface area contributed by atoms with E-state index in [4.69, 9.17) is 19.7 Å². The van der Waals surface area contributed by atoms with Crippen LogP contribution in [-0.4, -0.2) is 54.5 Å². The van der Waals surface area contributed by atoms with Crippen molar-refractivity contribution >= 4 is 0 Å². The van der Waals surface area contributed by atoms with E-state index >= 15 is 0 Å². The van der Waals surface area contributed by atoms with Gasteiger partial charge in [-0.05, 0) is 13.8 Å². The van der Waals surface area contributed by atoms with Crippen molar-refractivity contribution in [3.8, 4) is 0 Å². The molecule has 0 aliphatic carbocycles. The fraction of sp³-hybridized carbons (Fsp3) is 1.00. The van der Waals surface area contributed by atoms with Gasteiger partial charge in [0.25, 0.3) is 0 Å². The van der Waals surface area contributed by atoms with Gasteiger partial charge in [0.05, 0.1) is 32.0 Å². The predicted molar refractivity (Wildman–Crippen MR) is 50.9 cm³/mol. The minimum absolute atomic E-state index is 0.0872. The summed E-state index contributed by atoms with van der Waals surface area (Å²) in [5.41, 5.74) is 0. The summed E-state index contributed by atoms with van der Waals surface area (Å²) in [5.74, 6) is -0.506. The first-order valence-corrected chi connectivity index (χ1v) is 4.84. The van der Waals surface area contributed by atoms with E-state index < -0.39 is 11.9 Å². The minimum atomic E-state index is -0.718. The van der Waals surface area contributed by atoms with Crippen LogP contribution in [0.1, 0.15) is 13.8 Å². The zero-order valence-corrected chi connectivity index (χ0v) is 8.69. The molecule has 1 unspecified atom stereocenters. The first-order valence-electron chi connectivity index (χ1n) is 4.84. The van der Waals surface area contributed by atoms with Crippen molar-refractivity contribution in [2.24, 2.45) is 0 Å². The maximum Gasteiger partial charge on any atom is 0.162 e. The molecule has 0 amide bonds. The number of nitrogens with one attached hydrogen (secondary N) is 1. The van der Waals surface area contributed by atoms with Gasteiger partial charge in [-0.3, -0.25) is 0 Å². The first-order chi connectivity index (χ1) is 6.53. The Balaban J connectivity index is 2.16. The Morgan fingerprint density at radius 2 is 2.00 bits per heavy atom. The predicted octanol–water partition coefficient (Wildman–Crippen LogP) is -0.919. The number of aliphatic hydroxyl groups excluding tert-OH is 2. The lowest BCUT2D eigenvalue weighted by atomic mass is 10.2. The standard InChI is InChI=1S/C9H19NO4/c1-9(2)13-5-7(6-14-9)10-3-8(12)4-11/h7-8,10-12H,3-6H2,1-2H3. The van der Waals surface area contributed by atoms with Crippen LogP contribution in [0.2, 0.25) is 0 Å². The molecule has 1 heterocycles. The summed E-state index contributed by atoms with van der Waals surface area (Å²) >= 11 is 0. The molecule has 1 aliphatic heterocycles. The number of ether oxygens (including phenoxy) is 2. The highest BCUT2D eigenvalue weighted by atomic mass is 16.7. The van der Waals surface area contributed by atoms with E-state index in [0.717, 1.165) is 0 Å². The lowest BCUT2D eigenvalue weighted by Crippen LogP contribution is -2.50. The summed E-state index contributed by atoms with van der Waals surface area (Å²) in [4.78, 5) is 0. The topological polar surface area (TPSA) is 71.0 Å². The smallest absolute Gasteiger partial charge is 0.162 e. The molecule has 5 nitrogen and oxygen atoms in total. The Kier molecular flexibility index (Phi) is 4.28. The average molecular weight is 205 g/mol. The van der Waals surface area contributed by atoms with Crippen LogP contribution in [0.25, 0.3) is 0 Å². The summed E-state index contributed by atoms with van der Waals surface area (Å²) < 4.78 is 10.8. The first kappa shape index (κ1) is 11.9. The highest BCUT2D eigenvalue weighted by Gasteiger charge is 2.28. The van der Waals surface area contributed by atoms with Gasteiger partial charge in [0, 0.05) is 6.54 Å². The lowest BCUT2D eigenvalue weighted by molar-refractivity contribution is -0.253. The van der Waals surface area contributed by atoms with Crippen LogP contribution < -0.4 is 5.32 Å². The summed E-state index contributed by atoms with van der Waals surface area (Å²) in [6.45, 7) is 4.98. The van der Waals surface area contributed by atoms with Crippen LogP contribution in [0.15, 0.2) is 0 Å². The van der Waals surface area contributed by atoms with Crippen molar-refractivity contribution < 1.29 is 19.7 Å². The number of rotatable bonds is 4. The second-order valence-electron chi connectivity index (χ2n) is 3.96. The summed E-state index contributed by atoms with van der Waals surface area (Å²) in [5, 5.41) is 20.7. The van der Waals surface area contributed by atoms with Crippen LogP contribution in [0.4, 0.5) is 0 Å². The average Bonchev–Trinajstić information content (AvgIpc) is 2.16. The molecule has 1 saturated heterocycles. The van der Waals surface area contributed by atoms with Crippen LogP contribution in [0.3, 0.4) is 0 Å². The Hall–Kier alpha value is -0.200. The van der Waals surface area contributed by atoms with Crippen molar-refractivity contribution in [2.45, 2.75) is 31.8 Å². The zero-order valence-electron chi connectivity index (χ0n) is 8.69. The molecule has 3 N–H and O–H groups in total. The monoisotopic (exact) mass is 205 g/mol. The molecular weight excluding hydrogens is 186 g/mol. The maximum absolute atomic E-state index is 9.10. The third-order valence-electron chi connectivity index (χ3n) is 2.12. The van der Waals surface area contributed by atoms with E-state index in [0.29, 0.717) is 19.8 Å². The minimum Gasteiger partial charge on any atom is -0.394 e. The molecule has 0 aromatic carbocycles. The largest absolute Gasteiger partial charge is 0.394 e. The van der Waals surface area contributed by atoms with Gasteiger partial charge >= 0.3 is 0 Å². The SMILES string of the molecule is CC1(C)OCC(NCC(O)CO)CO1. The molecule has 1 aliphatic rings. The van der Waals surface area contributed by atoms with Gasteiger partial charge in [0.15, 0.2) is 5.79 Å². The number of hydrogen-bond acceptors (Lipinski definition) is 5. The fourth-order valence-corrected chi connectivity index (χ4v) is 1.18. The molecule has 0 spiro atoms. The van der Waals surface area contributed by atoms with Crippen molar-refractivity contribution in [1.29, 1.82) is 0 Å². The van der Waals surface area contributed by atoms with Gasteiger partial charge in [-0.15, -0.1) is 0 Å². The highest BCUT2D eigenvalue weighted by molar-refractivity contribution is 4.74. The van der Waals surface area contributed by atoms with E-state index in [9.17, 15) is 0 Å². The second kappa shape index (κ2) is 5.04. The Morgan fingerprint density at radius 1 is 1.43 bits per heavy atom. The molecule has 0 aromatic rings. The fourth-order valence-electron chi connectivity index (χ4n) is 1.18. The van der Waals surface area contributed by atoms with Crippen LogP contribution in [-0.2, 0) is 9.47 Å². The molecule has 0 radical (unpaired) electrons. The zero-order chi connectivity index (χ0) is 10.6. The Morgan fingerprint density at radius 3 is 2.50 bits per heavy atom. The summed E-state index contributed by atoms with van der Waals surface area (Å²) in [7, 11) is 0. The Bertz CT molecular complexity index is 164. The van der Waals surface area contributed by atoms with Crippen molar-refractivity contribution in [3.05, 3.63) is 0 Å². The Labute approximate surface area is 84.0 Å². The molecular formula is C9H19NO4. The van der Waals surface area contributed by atoms with E-state index in [1.807, 2.05) is 13.8 Å². The second-order valence-corrected chi connectivity index (χ2v) is 3.96.